The minimum absolute atomic E-state index is 0.00149. The van der Waals surface area contributed by atoms with Crippen molar-refractivity contribution >= 4 is 34.2 Å². The van der Waals surface area contributed by atoms with Gasteiger partial charge >= 0.3 is 5.69 Å². The molecule has 3 aromatic rings. The van der Waals surface area contributed by atoms with E-state index in [9.17, 15) is 14.4 Å². The quantitative estimate of drug-likeness (QED) is 0.498. The number of hydrogen-bond donors (Lipinski definition) is 2. The van der Waals surface area contributed by atoms with Crippen LogP contribution in [0.4, 0.5) is 11.4 Å². The van der Waals surface area contributed by atoms with Gasteiger partial charge in [-0.05, 0) is 73.2 Å². The van der Waals surface area contributed by atoms with Crippen molar-refractivity contribution in [2.45, 2.75) is 39.8 Å². The minimum atomic E-state index is -0.650. The van der Waals surface area contributed by atoms with E-state index >= 15 is 0 Å². The number of fused-ring (bicyclic) bond motifs is 1. The van der Waals surface area contributed by atoms with Crippen LogP contribution in [0.5, 0.6) is 0 Å². The summed E-state index contributed by atoms with van der Waals surface area (Å²) in [4.78, 5) is 41.6. The second-order valence-corrected chi connectivity index (χ2v) is 10.8. The first-order valence-corrected chi connectivity index (χ1v) is 13.0. The monoisotopic (exact) mass is 521 g/mol. The molecule has 0 radical (unpaired) electrons. The van der Waals surface area contributed by atoms with E-state index in [0.717, 1.165) is 50.4 Å². The second kappa shape index (κ2) is 8.73. The van der Waals surface area contributed by atoms with E-state index in [1.54, 1.807) is 10.6 Å². The summed E-state index contributed by atoms with van der Waals surface area (Å²) in [5.41, 5.74) is 8.00. The van der Waals surface area contributed by atoms with Crippen molar-refractivity contribution in [3.05, 3.63) is 106 Å². The fourth-order valence-corrected chi connectivity index (χ4v) is 6.32. The molecule has 1 spiro atoms. The molecular formula is C31H31N5O3. The topological polar surface area (TPSA) is 88.4 Å². The van der Waals surface area contributed by atoms with Gasteiger partial charge in [-0.2, -0.15) is 0 Å². The molecular weight excluding hydrogens is 490 g/mol. The number of anilines is 2. The molecule has 3 aliphatic rings. The number of aryl methyl sites for hydroxylation is 1. The molecule has 8 heteroatoms. The maximum Gasteiger partial charge on any atom is 0.330 e. The third kappa shape index (κ3) is 3.70. The van der Waals surface area contributed by atoms with Crippen LogP contribution >= 0.6 is 0 Å². The molecule has 8 nitrogen and oxygen atoms in total. The molecule has 1 aromatic heterocycles. The Balaban J connectivity index is 1.27. The minimum Gasteiger partial charge on any atom is -0.345 e. The Labute approximate surface area is 226 Å². The van der Waals surface area contributed by atoms with Gasteiger partial charge in [0.15, 0.2) is 0 Å². The van der Waals surface area contributed by atoms with Gasteiger partial charge in [0.05, 0.1) is 28.7 Å². The summed E-state index contributed by atoms with van der Waals surface area (Å²) in [6.07, 6.45) is 6.68. The van der Waals surface area contributed by atoms with E-state index in [1.165, 1.54) is 4.57 Å². The van der Waals surface area contributed by atoms with Crippen LogP contribution in [0.2, 0.25) is 0 Å². The number of aromatic nitrogens is 2. The lowest BCUT2D eigenvalue weighted by molar-refractivity contribution is -0.126. The molecule has 39 heavy (non-hydrogen) atoms. The van der Waals surface area contributed by atoms with Gasteiger partial charge in [0.2, 0.25) is 11.8 Å². The van der Waals surface area contributed by atoms with Crippen molar-refractivity contribution in [2.24, 2.45) is 5.41 Å². The largest absolute Gasteiger partial charge is 0.345 e. The van der Waals surface area contributed by atoms with Crippen molar-refractivity contribution in [1.82, 2.24) is 14.5 Å². The summed E-state index contributed by atoms with van der Waals surface area (Å²) in [6, 6.07) is 9.76. The van der Waals surface area contributed by atoms with Crippen LogP contribution in [-0.2, 0) is 35.5 Å². The molecule has 2 amide bonds. The van der Waals surface area contributed by atoms with Crippen LogP contribution in [0.15, 0.2) is 83.5 Å². The highest BCUT2D eigenvalue weighted by molar-refractivity contribution is 5.96. The Hall–Kier alpha value is -4.59. The normalized spacial score (nSPS) is 19.9. The molecule has 2 aromatic carbocycles. The van der Waals surface area contributed by atoms with Crippen LogP contribution in [0.25, 0.3) is 11.0 Å². The summed E-state index contributed by atoms with van der Waals surface area (Å²) >= 11 is 0. The van der Waals surface area contributed by atoms with Gasteiger partial charge in [-0.3, -0.25) is 18.7 Å². The van der Waals surface area contributed by atoms with Gasteiger partial charge in [-0.1, -0.05) is 37.5 Å². The predicted octanol–water partition coefficient (Wildman–Crippen LogP) is 3.94. The van der Waals surface area contributed by atoms with Crippen molar-refractivity contribution < 1.29 is 9.59 Å². The number of hydrogen-bond acceptors (Lipinski definition) is 4. The molecule has 0 saturated carbocycles. The van der Waals surface area contributed by atoms with E-state index in [-0.39, 0.29) is 24.0 Å². The highest BCUT2D eigenvalue weighted by Crippen LogP contribution is 2.47. The van der Waals surface area contributed by atoms with Gasteiger partial charge < -0.3 is 15.5 Å². The Morgan fingerprint density at radius 2 is 1.92 bits per heavy atom. The number of nitrogens with zero attached hydrogens (tertiary/aromatic N) is 3. The zero-order chi connectivity index (χ0) is 27.6. The van der Waals surface area contributed by atoms with E-state index in [4.69, 9.17) is 0 Å². The van der Waals surface area contributed by atoms with E-state index < -0.39 is 5.41 Å². The van der Waals surface area contributed by atoms with E-state index in [2.05, 4.69) is 23.8 Å². The van der Waals surface area contributed by atoms with Gasteiger partial charge in [0, 0.05) is 24.1 Å². The number of benzene rings is 2. The molecule has 1 atom stereocenters. The average molecular weight is 522 g/mol. The van der Waals surface area contributed by atoms with Crippen molar-refractivity contribution in [2.75, 3.05) is 17.3 Å². The molecule has 198 valence electrons. The third-order valence-corrected chi connectivity index (χ3v) is 8.24. The number of likely N-dealkylation sites (N-methyl/N-ethyl adjacent to an activating group) is 1. The highest BCUT2D eigenvalue weighted by atomic mass is 16.2. The van der Waals surface area contributed by atoms with Gasteiger partial charge in [0.25, 0.3) is 0 Å². The Kier molecular flexibility index (Phi) is 5.53. The molecule has 1 aliphatic carbocycles. The molecule has 2 aliphatic heterocycles. The third-order valence-electron chi connectivity index (χ3n) is 8.24. The lowest BCUT2D eigenvalue weighted by atomic mass is 9.78. The van der Waals surface area contributed by atoms with Gasteiger partial charge in [-0.25, -0.2) is 4.79 Å². The second-order valence-electron chi connectivity index (χ2n) is 10.8. The zero-order valence-corrected chi connectivity index (χ0v) is 22.4. The number of amides is 2. The van der Waals surface area contributed by atoms with Crippen LogP contribution in [-0.4, -0.2) is 28.0 Å². The first kappa shape index (κ1) is 24.7. The summed E-state index contributed by atoms with van der Waals surface area (Å²) in [5, 5.41) is 5.98. The number of imidazole rings is 1. The van der Waals surface area contributed by atoms with Crippen molar-refractivity contribution in [1.29, 1.82) is 0 Å². The summed E-state index contributed by atoms with van der Waals surface area (Å²) in [7, 11) is 1.94. The standard InChI is InChI=1S/C31H31N5O3/c1-6-7-8-24-20(4)32-29(38)31(24)14-21-9-10-23(13-22(21)15-31)33-27(37)17-35-26-12-18(2)11-25-28(26)36(30(35)39)16-19(3)34(25)5/h6-13H,1,3,14-17H2,2,4-5H3,(H,32,38)(H,33,37)/b8-7-. The maximum atomic E-state index is 13.3. The molecule has 2 N–H and O–H groups in total. The lowest BCUT2D eigenvalue weighted by Gasteiger charge is -2.28. The van der Waals surface area contributed by atoms with Crippen LogP contribution in [0.3, 0.4) is 0 Å². The smallest absolute Gasteiger partial charge is 0.330 e. The number of nitrogens with one attached hydrogen (secondary N) is 2. The fraction of sp³-hybridized carbons (Fsp3) is 0.258. The van der Waals surface area contributed by atoms with Crippen LogP contribution in [0.1, 0.15) is 23.6 Å². The Morgan fingerprint density at radius 3 is 2.69 bits per heavy atom. The van der Waals surface area contributed by atoms with Crippen LogP contribution < -0.4 is 21.2 Å². The molecule has 1 unspecified atom stereocenters. The summed E-state index contributed by atoms with van der Waals surface area (Å²) < 4.78 is 3.22. The lowest BCUT2D eigenvalue weighted by Crippen LogP contribution is -2.34. The van der Waals surface area contributed by atoms with E-state index in [0.29, 0.717) is 25.1 Å². The SMILES string of the molecule is C=C/C=C\C1=C(C)NC(=O)C12Cc1ccc(NC(=O)Cn3c(=O)n4c5c(cc(C)cc53)N(C)C(=C)C4)cc1C2. The number of carbonyl (C=O) groups is 2. The first-order chi connectivity index (χ1) is 18.6. The predicted molar refractivity (Wildman–Crippen MR) is 154 cm³/mol. The number of carbonyl (C=O) groups excluding carboxylic acids is 2. The molecule has 0 saturated heterocycles. The number of allylic oxidation sites excluding steroid dienone is 5. The highest BCUT2D eigenvalue weighted by Gasteiger charge is 2.50. The fourth-order valence-electron chi connectivity index (χ4n) is 6.32. The first-order valence-electron chi connectivity index (χ1n) is 13.0. The maximum absolute atomic E-state index is 13.3. The van der Waals surface area contributed by atoms with Gasteiger partial charge in [-0.15, -0.1) is 0 Å². The van der Waals surface area contributed by atoms with E-state index in [1.807, 2.05) is 68.3 Å². The van der Waals surface area contributed by atoms with Gasteiger partial charge in [0.1, 0.15) is 6.54 Å². The Morgan fingerprint density at radius 1 is 1.15 bits per heavy atom. The molecule has 0 fully saturated rings. The average Bonchev–Trinajstić information content (AvgIpc) is 3.47. The molecule has 3 heterocycles. The van der Waals surface area contributed by atoms with Crippen LogP contribution in [0, 0.1) is 12.3 Å². The Bertz CT molecular complexity index is 1750. The molecule has 0 bridgehead atoms. The van der Waals surface area contributed by atoms with Crippen molar-refractivity contribution in [3.63, 3.8) is 0 Å². The zero-order valence-electron chi connectivity index (χ0n) is 22.4. The number of rotatable bonds is 5. The summed E-state index contributed by atoms with van der Waals surface area (Å²) in [5.74, 6) is -0.288. The summed E-state index contributed by atoms with van der Waals surface area (Å²) in [6.45, 7) is 12.0. The molecule has 6 rings (SSSR count). The van der Waals surface area contributed by atoms with Crippen molar-refractivity contribution in [3.8, 4) is 0 Å².